The van der Waals surface area contributed by atoms with Gasteiger partial charge in [-0.2, -0.15) is 4.31 Å². The molecule has 0 bridgehead atoms. The van der Waals surface area contributed by atoms with Crippen molar-refractivity contribution in [1.82, 2.24) is 9.29 Å². The van der Waals surface area contributed by atoms with E-state index >= 15 is 0 Å². The summed E-state index contributed by atoms with van der Waals surface area (Å²) in [4.78, 5) is 16.2. The summed E-state index contributed by atoms with van der Waals surface area (Å²) < 4.78 is 26.3. The van der Waals surface area contributed by atoms with Crippen LogP contribution in [-0.2, 0) is 23.0 Å². The Labute approximate surface area is 147 Å². The molecule has 1 aliphatic heterocycles. The first kappa shape index (κ1) is 17.6. The Balaban J connectivity index is 1.79. The van der Waals surface area contributed by atoms with Gasteiger partial charge in [-0.1, -0.05) is 12.1 Å². The van der Waals surface area contributed by atoms with Crippen LogP contribution in [0.2, 0.25) is 0 Å². The molecule has 6 nitrogen and oxygen atoms in total. The highest BCUT2D eigenvalue weighted by Gasteiger charge is 2.29. The zero-order chi connectivity index (χ0) is 18.0. The third-order valence-electron chi connectivity index (χ3n) is 4.29. The largest absolute Gasteiger partial charge is 0.321 e. The molecular weight excluding hydrogens is 338 g/mol. The van der Waals surface area contributed by atoms with Gasteiger partial charge in [-0.15, -0.1) is 0 Å². The van der Waals surface area contributed by atoms with Crippen molar-refractivity contribution in [3.63, 3.8) is 0 Å². The van der Waals surface area contributed by atoms with Crippen molar-refractivity contribution < 1.29 is 13.2 Å². The molecule has 132 valence electrons. The first-order chi connectivity index (χ1) is 11.9. The van der Waals surface area contributed by atoms with Crippen molar-refractivity contribution in [2.24, 2.45) is 0 Å². The van der Waals surface area contributed by atoms with Crippen molar-refractivity contribution in [2.75, 3.05) is 11.9 Å². The predicted octanol–water partition coefficient (Wildman–Crippen LogP) is 2.43. The van der Waals surface area contributed by atoms with Crippen LogP contribution in [0.5, 0.6) is 0 Å². The van der Waals surface area contributed by atoms with Gasteiger partial charge in [0.05, 0.1) is 5.25 Å². The zero-order valence-electron chi connectivity index (χ0n) is 14.3. The highest BCUT2D eigenvalue weighted by Crippen LogP contribution is 2.25. The number of aromatic nitrogens is 1. The third kappa shape index (κ3) is 3.72. The van der Waals surface area contributed by atoms with Gasteiger partial charge in [-0.25, -0.2) is 8.42 Å². The fourth-order valence-corrected chi connectivity index (χ4v) is 4.08. The summed E-state index contributed by atoms with van der Waals surface area (Å²) >= 11 is 0. The highest BCUT2D eigenvalue weighted by atomic mass is 32.2. The van der Waals surface area contributed by atoms with E-state index in [-0.39, 0.29) is 5.91 Å². The van der Waals surface area contributed by atoms with E-state index in [0.29, 0.717) is 30.9 Å². The fraction of sp³-hybridized carbons (Fsp3) is 0.333. The molecule has 0 aliphatic carbocycles. The lowest BCUT2D eigenvalue weighted by atomic mass is 10.0. The molecule has 0 unspecified atom stereocenters. The summed E-state index contributed by atoms with van der Waals surface area (Å²) in [5, 5.41) is 2.37. The molecule has 3 rings (SSSR count). The number of pyridine rings is 1. The van der Waals surface area contributed by atoms with Gasteiger partial charge in [0, 0.05) is 25.0 Å². The average Bonchev–Trinajstić information content (AvgIpc) is 2.61. The number of nitrogens with one attached hydrogen (secondary N) is 1. The number of carbonyl (C=O) groups excluding carboxylic acids is 1. The van der Waals surface area contributed by atoms with Crippen LogP contribution < -0.4 is 5.32 Å². The molecule has 1 aromatic carbocycles. The van der Waals surface area contributed by atoms with Crippen LogP contribution in [0, 0.1) is 0 Å². The molecule has 1 aromatic heterocycles. The van der Waals surface area contributed by atoms with Crippen LogP contribution in [0.3, 0.4) is 0 Å². The van der Waals surface area contributed by atoms with Gasteiger partial charge in [0.15, 0.2) is 0 Å². The fourth-order valence-electron chi connectivity index (χ4n) is 2.82. The molecule has 0 saturated carbocycles. The normalized spacial score (nSPS) is 15.0. The summed E-state index contributed by atoms with van der Waals surface area (Å²) in [5.41, 5.74) is 3.02. The Kier molecular flexibility index (Phi) is 4.87. The minimum absolute atomic E-state index is 0.289. The number of anilines is 1. The van der Waals surface area contributed by atoms with E-state index in [4.69, 9.17) is 0 Å². The molecular formula is C18H21N3O3S. The Morgan fingerprint density at radius 1 is 1.20 bits per heavy atom. The molecule has 0 spiro atoms. The second-order valence-corrected chi connectivity index (χ2v) is 8.82. The number of hydrogen-bond acceptors (Lipinski definition) is 4. The van der Waals surface area contributed by atoms with E-state index in [2.05, 4.69) is 10.3 Å². The lowest BCUT2D eigenvalue weighted by molar-refractivity contribution is 0.102. The van der Waals surface area contributed by atoms with E-state index in [9.17, 15) is 13.2 Å². The molecule has 0 radical (unpaired) electrons. The first-order valence-corrected chi connectivity index (χ1v) is 9.71. The lowest BCUT2D eigenvalue weighted by Gasteiger charge is -2.29. The monoisotopic (exact) mass is 359 g/mol. The molecule has 2 aromatic rings. The molecule has 0 atom stereocenters. The number of carbonyl (C=O) groups is 1. The number of nitrogens with zero attached hydrogens (tertiary/aromatic N) is 2. The number of sulfonamides is 1. The number of fused-ring (bicyclic) bond motifs is 1. The molecule has 7 heteroatoms. The van der Waals surface area contributed by atoms with Crippen LogP contribution in [0.25, 0.3) is 0 Å². The maximum atomic E-state index is 12.4. The molecule has 1 aliphatic rings. The van der Waals surface area contributed by atoms with Gasteiger partial charge in [0.2, 0.25) is 10.0 Å². The third-order valence-corrected chi connectivity index (χ3v) is 6.52. The second-order valence-electron chi connectivity index (χ2n) is 6.33. The van der Waals surface area contributed by atoms with Gasteiger partial charge < -0.3 is 5.32 Å². The van der Waals surface area contributed by atoms with Crippen LogP contribution in [0.15, 0.2) is 42.6 Å². The van der Waals surface area contributed by atoms with Gasteiger partial charge in [-0.05, 0) is 55.7 Å². The van der Waals surface area contributed by atoms with Crippen molar-refractivity contribution in [3.05, 3.63) is 59.4 Å². The number of amides is 1. The predicted molar refractivity (Wildman–Crippen MR) is 96.8 cm³/mol. The topological polar surface area (TPSA) is 79.4 Å². The first-order valence-electron chi connectivity index (χ1n) is 8.21. The summed E-state index contributed by atoms with van der Waals surface area (Å²) in [6.07, 6.45) is 2.24. The standard InChI is InChI=1S/C18H21N3O3S/c1-13(2)25(23,24)21-10-8-14-6-7-16(11-15(14)12-21)20-18(22)17-5-3-4-9-19-17/h3-7,9,11,13H,8,10,12H2,1-2H3,(H,20,22). The minimum Gasteiger partial charge on any atom is -0.321 e. The molecule has 0 fully saturated rings. The minimum atomic E-state index is -3.29. The number of benzene rings is 1. The Morgan fingerprint density at radius 3 is 2.68 bits per heavy atom. The van der Waals surface area contributed by atoms with Gasteiger partial charge in [0.1, 0.15) is 5.69 Å². The van der Waals surface area contributed by atoms with Gasteiger partial charge in [0.25, 0.3) is 5.91 Å². The maximum absolute atomic E-state index is 12.4. The Morgan fingerprint density at radius 2 is 2.00 bits per heavy atom. The van der Waals surface area contributed by atoms with E-state index in [0.717, 1.165) is 11.1 Å². The Bertz CT molecular complexity index is 880. The molecule has 1 amide bonds. The van der Waals surface area contributed by atoms with Gasteiger partial charge in [-0.3, -0.25) is 9.78 Å². The van der Waals surface area contributed by atoms with Crippen LogP contribution in [0.1, 0.15) is 35.5 Å². The number of hydrogen-bond donors (Lipinski definition) is 1. The van der Waals surface area contributed by atoms with E-state index in [1.54, 1.807) is 38.2 Å². The van der Waals surface area contributed by atoms with E-state index < -0.39 is 15.3 Å². The zero-order valence-corrected chi connectivity index (χ0v) is 15.1. The van der Waals surface area contributed by atoms with Crippen LogP contribution in [-0.4, -0.2) is 35.4 Å². The Hall–Kier alpha value is -2.25. The molecule has 2 heterocycles. The summed E-state index contributed by atoms with van der Waals surface area (Å²) in [7, 11) is -3.29. The second kappa shape index (κ2) is 6.93. The van der Waals surface area contributed by atoms with Crippen molar-refractivity contribution in [3.8, 4) is 0 Å². The smallest absolute Gasteiger partial charge is 0.274 e. The summed E-state index contributed by atoms with van der Waals surface area (Å²) in [6.45, 7) is 4.21. The molecule has 25 heavy (non-hydrogen) atoms. The van der Waals surface area contributed by atoms with Gasteiger partial charge >= 0.3 is 0 Å². The molecule has 1 N–H and O–H groups in total. The van der Waals surface area contributed by atoms with Crippen molar-refractivity contribution >= 4 is 21.6 Å². The SMILES string of the molecule is CC(C)S(=O)(=O)N1CCc2ccc(NC(=O)c3ccccn3)cc2C1. The summed E-state index contributed by atoms with van der Waals surface area (Å²) in [5.74, 6) is -0.289. The molecule has 0 saturated heterocycles. The van der Waals surface area contributed by atoms with E-state index in [1.165, 1.54) is 4.31 Å². The lowest BCUT2D eigenvalue weighted by Crippen LogP contribution is -2.39. The van der Waals surface area contributed by atoms with E-state index in [1.807, 2.05) is 18.2 Å². The quantitative estimate of drug-likeness (QED) is 0.909. The van der Waals surface area contributed by atoms with Crippen molar-refractivity contribution in [1.29, 1.82) is 0 Å². The van der Waals surface area contributed by atoms with Crippen molar-refractivity contribution in [2.45, 2.75) is 32.1 Å². The number of rotatable bonds is 4. The summed E-state index contributed by atoms with van der Waals surface area (Å²) in [6, 6.07) is 10.8. The maximum Gasteiger partial charge on any atom is 0.274 e. The average molecular weight is 359 g/mol. The van der Waals surface area contributed by atoms with Crippen LogP contribution >= 0.6 is 0 Å². The van der Waals surface area contributed by atoms with Crippen LogP contribution in [0.4, 0.5) is 5.69 Å². The highest BCUT2D eigenvalue weighted by molar-refractivity contribution is 7.89.